The second-order valence-electron chi connectivity index (χ2n) is 7.19. The maximum Gasteiger partial charge on any atom is 0.331 e. The molecule has 1 aliphatic rings. The zero-order chi connectivity index (χ0) is 21.5. The van der Waals surface area contributed by atoms with Crippen LogP contribution in [-0.2, 0) is 16.0 Å². The molecule has 2 unspecified atom stereocenters. The zero-order valence-electron chi connectivity index (χ0n) is 17.2. The molecular formula is C24H26N2O4. The Kier molecular flexibility index (Phi) is 7.23. The molecule has 30 heavy (non-hydrogen) atoms. The number of hydrogen-bond acceptors (Lipinski definition) is 4. The second-order valence-corrected chi connectivity index (χ2v) is 7.19. The van der Waals surface area contributed by atoms with Crippen LogP contribution in [0.2, 0.25) is 0 Å². The van der Waals surface area contributed by atoms with Crippen LogP contribution in [0.3, 0.4) is 0 Å². The van der Waals surface area contributed by atoms with Gasteiger partial charge in [-0.05, 0) is 36.1 Å². The Balaban J connectivity index is 1.70. The first-order valence-electron chi connectivity index (χ1n) is 9.90. The van der Waals surface area contributed by atoms with Crippen LogP contribution >= 0.6 is 0 Å². The summed E-state index contributed by atoms with van der Waals surface area (Å²) < 4.78 is 4.90. The van der Waals surface area contributed by atoms with Crippen molar-refractivity contribution >= 4 is 17.6 Å². The Labute approximate surface area is 177 Å². The molecule has 3 amide bonds. The molecule has 2 aromatic carbocycles. The summed E-state index contributed by atoms with van der Waals surface area (Å²) in [6, 6.07) is 16.1. The number of aryl methyl sites for hydroxylation is 1. The number of ether oxygens (including phenoxy) is 1. The van der Waals surface area contributed by atoms with E-state index >= 15 is 0 Å². The molecule has 1 N–H and O–H groups in total. The molecule has 6 heteroatoms. The van der Waals surface area contributed by atoms with E-state index in [4.69, 9.17) is 4.74 Å². The average molecular weight is 406 g/mol. The molecule has 6 nitrogen and oxygen atoms in total. The van der Waals surface area contributed by atoms with Crippen LogP contribution in [0.5, 0.6) is 0 Å². The molecular weight excluding hydrogens is 380 g/mol. The van der Waals surface area contributed by atoms with Crippen LogP contribution in [0.15, 0.2) is 54.6 Å². The molecule has 1 fully saturated rings. The van der Waals surface area contributed by atoms with Crippen LogP contribution in [0, 0.1) is 11.8 Å². The molecule has 0 radical (unpaired) electrons. The van der Waals surface area contributed by atoms with Crippen molar-refractivity contribution in [2.45, 2.75) is 31.4 Å². The molecule has 0 aliphatic carbocycles. The van der Waals surface area contributed by atoms with Gasteiger partial charge in [0.25, 0.3) is 5.91 Å². The minimum Gasteiger partial charge on any atom is -0.388 e. The summed E-state index contributed by atoms with van der Waals surface area (Å²) in [6.45, 7) is 0.278. The van der Waals surface area contributed by atoms with Gasteiger partial charge in [0.15, 0.2) is 0 Å². The van der Waals surface area contributed by atoms with Crippen LogP contribution in [-0.4, -0.2) is 48.8 Å². The highest BCUT2D eigenvalue weighted by molar-refractivity contribution is 6.14. The molecule has 2 aromatic rings. The van der Waals surface area contributed by atoms with Gasteiger partial charge in [-0.15, -0.1) is 0 Å². The van der Waals surface area contributed by atoms with Gasteiger partial charge in [0.1, 0.15) is 12.6 Å². The number of aliphatic hydroxyl groups excluding tert-OH is 1. The van der Waals surface area contributed by atoms with Crippen LogP contribution in [0.25, 0.3) is 0 Å². The van der Waals surface area contributed by atoms with E-state index in [0.717, 1.165) is 16.9 Å². The molecule has 0 saturated carbocycles. The number of carbonyl (C=O) groups excluding carboxylic acids is 2. The van der Waals surface area contributed by atoms with E-state index in [9.17, 15) is 14.7 Å². The number of imide groups is 1. The average Bonchev–Trinajstić information content (AvgIpc) is 2.99. The summed E-state index contributed by atoms with van der Waals surface area (Å²) in [5.41, 5.74) is 2.56. The molecule has 156 valence electrons. The third-order valence-corrected chi connectivity index (χ3v) is 5.16. The number of anilines is 1. The number of methoxy groups -OCH3 is 1. The summed E-state index contributed by atoms with van der Waals surface area (Å²) in [5.74, 6) is 5.45. The first-order chi connectivity index (χ1) is 14.5. The third kappa shape index (κ3) is 4.88. The van der Waals surface area contributed by atoms with E-state index in [1.165, 1.54) is 17.5 Å². The third-order valence-electron chi connectivity index (χ3n) is 5.16. The van der Waals surface area contributed by atoms with Gasteiger partial charge in [0, 0.05) is 26.3 Å². The maximum atomic E-state index is 12.6. The SMILES string of the molecule is COCC#CCC1C(=O)N(C)C(=O)N1c1ccc(C(O)CCc2ccccc2)cc1. The fourth-order valence-electron chi connectivity index (χ4n) is 3.46. The number of benzene rings is 2. The van der Waals surface area contributed by atoms with Gasteiger partial charge in [0.05, 0.1) is 6.10 Å². The molecule has 1 heterocycles. The standard InChI is InChI=1S/C24H26N2O4/c1-25-23(28)21(10-6-7-17-30-2)26(24(25)29)20-14-12-19(13-15-20)22(27)16-11-18-8-4-3-5-9-18/h3-5,8-9,12-15,21-22,27H,10-11,16-17H2,1-2H3. The van der Waals surface area contributed by atoms with E-state index in [-0.39, 0.29) is 25.0 Å². The molecule has 1 aliphatic heterocycles. The van der Waals surface area contributed by atoms with E-state index in [1.807, 2.05) is 30.3 Å². The summed E-state index contributed by atoms with van der Waals surface area (Å²) in [4.78, 5) is 27.7. The normalized spacial score (nSPS) is 17.1. The highest BCUT2D eigenvalue weighted by Crippen LogP contribution is 2.29. The number of rotatable bonds is 7. The lowest BCUT2D eigenvalue weighted by Crippen LogP contribution is -2.34. The molecule has 0 aromatic heterocycles. The Morgan fingerprint density at radius 3 is 2.43 bits per heavy atom. The molecule has 0 spiro atoms. The summed E-state index contributed by atoms with van der Waals surface area (Å²) >= 11 is 0. The van der Waals surface area contributed by atoms with E-state index in [2.05, 4.69) is 11.8 Å². The number of aliphatic hydroxyl groups is 1. The van der Waals surface area contributed by atoms with E-state index in [0.29, 0.717) is 12.1 Å². The quantitative estimate of drug-likeness (QED) is 0.566. The van der Waals surface area contributed by atoms with Gasteiger partial charge >= 0.3 is 6.03 Å². The van der Waals surface area contributed by atoms with E-state index < -0.39 is 12.1 Å². The van der Waals surface area contributed by atoms with Crippen molar-refractivity contribution in [2.24, 2.45) is 0 Å². The number of nitrogens with zero attached hydrogens (tertiary/aromatic N) is 2. The van der Waals surface area contributed by atoms with Crippen molar-refractivity contribution < 1.29 is 19.4 Å². The summed E-state index contributed by atoms with van der Waals surface area (Å²) in [7, 11) is 3.02. The van der Waals surface area contributed by atoms with Gasteiger partial charge in [-0.3, -0.25) is 14.6 Å². The predicted octanol–water partition coefficient (Wildman–Crippen LogP) is 3.16. The fraction of sp³-hybridized carbons (Fsp3) is 0.333. The van der Waals surface area contributed by atoms with Crippen LogP contribution < -0.4 is 4.90 Å². The molecule has 3 rings (SSSR count). The number of hydrogen-bond donors (Lipinski definition) is 1. The van der Waals surface area contributed by atoms with Gasteiger partial charge in [-0.25, -0.2) is 4.79 Å². The Hall–Kier alpha value is -3.14. The highest BCUT2D eigenvalue weighted by Gasteiger charge is 2.43. The maximum absolute atomic E-state index is 12.6. The molecule has 2 atom stereocenters. The zero-order valence-corrected chi connectivity index (χ0v) is 17.2. The first kappa shape index (κ1) is 21.6. The topological polar surface area (TPSA) is 70.1 Å². The Morgan fingerprint density at radius 2 is 1.77 bits per heavy atom. The van der Waals surface area contributed by atoms with Crippen molar-refractivity contribution in [3.8, 4) is 11.8 Å². The largest absolute Gasteiger partial charge is 0.388 e. The van der Waals surface area contributed by atoms with Gasteiger partial charge in [-0.1, -0.05) is 54.3 Å². The highest BCUT2D eigenvalue weighted by atomic mass is 16.5. The molecule has 1 saturated heterocycles. The number of urea groups is 1. The minimum absolute atomic E-state index is 0.236. The van der Waals surface area contributed by atoms with Crippen LogP contribution in [0.1, 0.15) is 30.1 Å². The lowest BCUT2D eigenvalue weighted by Gasteiger charge is -2.21. The van der Waals surface area contributed by atoms with Crippen molar-refractivity contribution in [3.63, 3.8) is 0 Å². The number of likely N-dealkylation sites (N-methyl/N-ethyl adjacent to an activating group) is 1. The van der Waals surface area contributed by atoms with Crippen molar-refractivity contribution in [2.75, 3.05) is 25.7 Å². The first-order valence-corrected chi connectivity index (χ1v) is 9.90. The Morgan fingerprint density at radius 1 is 1.07 bits per heavy atom. The lowest BCUT2D eigenvalue weighted by molar-refractivity contribution is -0.126. The summed E-state index contributed by atoms with van der Waals surface area (Å²) in [6.07, 6.45) is 1.01. The predicted molar refractivity (Wildman–Crippen MR) is 115 cm³/mol. The van der Waals surface area contributed by atoms with Crippen molar-refractivity contribution in [1.29, 1.82) is 0 Å². The van der Waals surface area contributed by atoms with Gasteiger partial charge < -0.3 is 9.84 Å². The number of amides is 3. The van der Waals surface area contributed by atoms with Gasteiger partial charge in [-0.2, -0.15) is 0 Å². The van der Waals surface area contributed by atoms with E-state index in [1.54, 1.807) is 31.4 Å². The lowest BCUT2D eigenvalue weighted by atomic mass is 10.0. The van der Waals surface area contributed by atoms with Gasteiger partial charge in [0.2, 0.25) is 0 Å². The van der Waals surface area contributed by atoms with Crippen molar-refractivity contribution in [1.82, 2.24) is 4.90 Å². The summed E-state index contributed by atoms with van der Waals surface area (Å²) in [5, 5.41) is 10.5. The second kappa shape index (κ2) is 10.1. The van der Waals surface area contributed by atoms with Crippen molar-refractivity contribution in [3.05, 3.63) is 65.7 Å². The fourth-order valence-corrected chi connectivity index (χ4v) is 3.46. The van der Waals surface area contributed by atoms with Crippen LogP contribution in [0.4, 0.5) is 10.5 Å². The Bertz CT molecular complexity index is 931. The monoisotopic (exact) mass is 406 g/mol. The number of carbonyl (C=O) groups is 2. The molecule has 0 bridgehead atoms. The minimum atomic E-state index is -0.666. The smallest absolute Gasteiger partial charge is 0.331 e.